The van der Waals surface area contributed by atoms with Gasteiger partial charge in [-0.1, -0.05) is 17.8 Å². The number of thiophene rings is 1. The van der Waals surface area contributed by atoms with Gasteiger partial charge in [0.25, 0.3) is 0 Å². The van der Waals surface area contributed by atoms with E-state index in [1.165, 1.54) is 36.7 Å². The third kappa shape index (κ3) is 4.65. The molecule has 3 heterocycles. The Labute approximate surface area is 191 Å². The largest absolute Gasteiger partial charge is 0.372 e. The normalized spacial score (nSPS) is 17.5. The standard InChI is InChI=1S/C23H27N5OS2/c1-16(22(29)24-17-7-9-18(10-8-17)27-13-3-2-4-14-27)31-23-26-25-21(20-6-5-15-30-20)28(23)19-11-12-19/h5-10,15-16,19H,2-4,11-14H2,1H3,(H,24,29). The molecule has 1 aliphatic heterocycles. The van der Waals surface area contributed by atoms with Gasteiger partial charge in [0.05, 0.1) is 10.1 Å². The van der Waals surface area contributed by atoms with Crippen molar-refractivity contribution < 1.29 is 4.79 Å². The highest BCUT2D eigenvalue weighted by atomic mass is 32.2. The predicted octanol–water partition coefficient (Wildman–Crippen LogP) is 5.45. The average Bonchev–Trinajstić information content (AvgIpc) is 3.32. The number of carbonyl (C=O) groups excluding carboxylic acids is 1. The summed E-state index contributed by atoms with van der Waals surface area (Å²) in [5.74, 6) is 0.902. The SMILES string of the molecule is CC(Sc1nnc(-c2cccs2)n1C1CC1)C(=O)Nc1ccc(N2CCCCC2)cc1. The molecule has 2 aromatic heterocycles. The summed E-state index contributed by atoms with van der Waals surface area (Å²) < 4.78 is 2.22. The number of hydrogen-bond donors (Lipinski definition) is 1. The second-order valence-electron chi connectivity index (χ2n) is 8.23. The lowest BCUT2D eigenvalue weighted by atomic mass is 10.1. The lowest BCUT2D eigenvalue weighted by Gasteiger charge is -2.28. The minimum Gasteiger partial charge on any atom is -0.372 e. The van der Waals surface area contributed by atoms with E-state index in [1.54, 1.807) is 11.3 Å². The first-order valence-corrected chi connectivity index (χ1v) is 12.8. The van der Waals surface area contributed by atoms with Crippen LogP contribution in [0, 0.1) is 0 Å². The summed E-state index contributed by atoms with van der Waals surface area (Å²) in [6, 6.07) is 12.8. The van der Waals surface area contributed by atoms with Gasteiger partial charge in [0.2, 0.25) is 5.91 Å². The van der Waals surface area contributed by atoms with Gasteiger partial charge >= 0.3 is 0 Å². The Balaban J connectivity index is 1.24. The van der Waals surface area contributed by atoms with Crippen LogP contribution in [0.15, 0.2) is 46.9 Å². The number of nitrogens with one attached hydrogen (secondary N) is 1. The molecular weight excluding hydrogens is 426 g/mol. The first-order valence-electron chi connectivity index (χ1n) is 11.0. The first kappa shape index (κ1) is 20.6. The fourth-order valence-corrected chi connectivity index (χ4v) is 5.58. The van der Waals surface area contributed by atoms with E-state index in [0.717, 1.165) is 47.5 Å². The molecule has 0 radical (unpaired) electrons. The molecule has 162 valence electrons. The van der Waals surface area contributed by atoms with E-state index in [-0.39, 0.29) is 11.2 Å². The second-order valence-corrected chi connectivity index (χ2v) is 10.5. The van der Waals surface area contributed by atoms with Crippen LogP contribution in [-0.2, 0) is 4.79 Å². The Kier molecular flexibility index (Phi) is 6.00. The highest BCUT2D eigenvalue weighted by Crippen LogP contribution is 2.42. The lowest BCUT2D eigenvalue weighted by molar-refractivity contribution is -0.115. The number of thioether (sulfide) groups is 1. The van der Waals surface area contributed by atoms with Crippen molar-refractivity contribution in [1.29, 1.82) is 0 Å². The molecule has 1 aliphatic carbocycles. The molecular formula is C23H27N5OS2. The number of piperidine rings is 1. The molecule has 1 amide bonds. The van der Waals surface area contributed by atoms with Gasteiger partial charge in [-0.2, -0.15) is 0 Å². The van der Waals surface area contributed by atoms with E-state index in [9.17, 15) is 4.79 Å². The van der Waals surface area contributed by atoms with Crippen molar-refractivity contribution >= 4 is 40.4 Å². The number of hydrogen-bond acceptors (Lipinski definition) is 6. The van der Waals surface area contributed by atoms with Crippen LogP contribution in [0.2, 0.25) is 0 Å². The summed E-state index contributed by atoms with van der Waals surface area (Å²) in [6.07, 6.45) is 6.13. The van der Waals surface area contributed by atoms with E-state index in [1.807, 2.05) is 25.1 Å². The molecule has 1 unspecified atom stereocenters. The van der Waals surface area contributed by atoms with Crippen molar-refractivity contribution in [2.45, 2.75) is 55.5 Å². The topological polar surface area (TPSA) is 63.1 Å². The van der Waals surface area contributed by atoms with Gasteiger partial charge in [0.1, 0.15) is 0 Å². The Bertz CT molecular complexity index is 1020. The molecule has 0 bridgehead atoms. The van der Waals surface area contributed by atoms with Crippen molar-refractivity contribution in [3.05, 3.63) is 41.8 Å². The van der Waals surface area contributed by atoms with Crippen LogP contribution in [0.5, 0.6) is 0 Å². The Morgan fingerprint density at radius 3 is 2.58 bits per heavy atom. The summed E-state index contributed by atoms with van der Waals surface area (Å²) in [7, 11) is 0. The van der Waals surface area contributed by atoms with Crippen molar-refractivity contribution in [3.63, 3.8) is 0 Å². The highest BCUT2D eigenvalue weighted by Gasteiger charge is 2.31. The van der Waals surface area contributed by atoms with Crippen molar-refractivity contribution in [2.24, 2.45) is 0 Å². The summed E-state index contributed by atoms with van der Waals surface area (Å²) in [5.41, 5.74) is 2.07. The van der Waals surface area contributed by atoms with Crippen molar-refractivity contribution in [1.82, 2.24) is 14.8 Å². The van der Waals surface area contributed by atoms with Crippen LogP contribution >= 0.6 is 23.1 Å². The van der Waals surface area contributed by atoms with Crippen LogP contribution in [-0.4, -0.2) is 39.0 Å². The van der Waals surface area contributed by atoms with Crippen LogP contribution in [0.3, 0.4) is 0 Å². The molecule has 2 fully saturated rings. The zero-order chi connectivity index (χ0) is 21.2. The van der Waals surface area contributed by atoms with Crippen LogP contribution < -0.4 is 10.2 Å². The summed E-state index contributed by atoms with van der Waals surface area (Å²) in [6.45, 7) is 4.17. The third-order valence-electron chi connectivity index (χ3n) is 5.83. The molecule has 1 saturated carbocycles. The van der Waals surface area contributed by atoms with E-state index >= 15 is 0 Å². The van der Waals surface area contributed by atoms with Crippen LogP contribution in [0.25, 0.3) is 10.7 Å². The molecule has 31 heavy (non-hydrogen) atoms. The fourth-order valence-electron chi connectivity index (χ4n) is 3.96. The maximum Gasteiger partial charge on any atom is 0.237 e. The van der Waals surface area contributed by atoms with Gasteiger partial charge in [-0.25, -0.2) is 0 Å². The van der Waals surface area contributed by atoms with E-state index in [0.29, 0.717) is 6.04 Å². The number of nitrogens with zero attached hydrogens (tertiary/aromatic N) is 4. The highest BCUT2D eigenvalue weighted by molar-refractivity contribution is 8.00. The van der Waals surface area contributed by atoms with Crippen molar-refractivity contribution in [3.8, 4) is 10.7 Å². The summed E-state index contributed by atoms with van der Waals surface area (Å²) in [5, 5.41) is 14.5. The Hall–Kier alpha value is -2.32. The molecule has 6 nitrogen and oxygen atoms in total. The average molecular weight is 454 g/mol. The number of rotatable bonds is 7. The molecule has 8 heteroatoms. The van der Waals surface area contributed by atoms with Gasteiger partial charge in [-0.05, 0) is 74.7 Å². The smallest absolute Gasteiger partial charge is 0.237 e. The molecule has 3 aromatic rings. The zero-order valence-corrected chi connectivity index (χ0v) is 19.3. The lowest BCUT2D eigenvalue weighted by Crippen LogP contribution is -2.29. The van der Waals surface area contributed by atoms with E-state index in [4.69, 9.17) is 0 Å². The predicted molar refractivity (Wildman–Crippen MR) is 128 cm³/mol. The summed E-state index contributed by atoms with van der Waals surface area (Å²) >= 11 is 3.16. The molecule has 1 N–H and O–H groups in total. The van der Waals surface area contributed by atoms with E-state index in [2.05, 4.69) is 48.6 Å². The third-order valence-corrected chi connectivity index (χ3v) is 7.75. The van der Waals surface area contributed by atoms with Gasteiger partial charge in [-0.3, -0.25) is 9.36 Å². The number of carbonyl (C=O) groups is 1. The molecule has 1 atom stereocenters. The summed E-state index contributed by atoms with van der Waals surface area (Å²) in [4.78, 5) is 16.4. The molecule has 1 aromatic carbocycles. The number of aromatic nitrogens is 3. The minimum absolute atomic E-state index is 0.0151. The number of amides is 1. The Morgan fingerprint density at radius 2 is 1.90 bits per heavy atom. The van der Waals surface area contributed by atoms with Gasteiger partial charge in [0, 0.05) is 30.5 Å². The van der Waals surface area contributed by atoms with Gasteiger partial charge in [-0.15, -0.1) is 21.5 Å². The van der Waals surface area contributed by atoms with Crippen LogP contribution in [0.4, 0.5) is 11.4 Å². The van der Waals surface area contributed by atoms with E-state index < -0.39 is 0 Å². The maximum absolute atomic E-state index is 12.8. The maximum atomic E-state index is 12.8. The van der Waals surface area contributed by atoms with Crippen molar-refractivity contribution in [2.75, 3.05) is 23.3 Å². The van der Waals surface area contributed by atoms with Crippen LogP contribution in [0.1, 0.15) is 45.1 Å². The zero-order valence-electron chi connectivity index (χ0n) is 17.7. The molecule has 5 rings (SSSR count). The monoisotopic (exact) mass is 453 g/mol. The molecule has 0 spiro atoms. The van der Waals surface area contributed by atoms with Gasteiger partial charge < -0.3 is 10.2 Å². The second kappa shape index (κ2) is 9.04. The minimum atomic E-state index is -0.264. The quantitative estimate of drug-likeness (QED) is 0.482. The number of anilines is 2. The molecule has 1 saturated heterocycles. The number of benzene rings is 1. The first-order chi connectivity index (χ1) is 15.2. The fraction of sp³-hybridized carbons (Fsp3) is 0.435. The van der Waals surface area contributed by atoms with Gasteiger partial charge in [0.15, 0.2) is 11.0 Å². The molecule has 2 aliphatic rings. The Morgan fingerprint density at radius 1 is 1.13 bits per heavy atom.